The van der Waals surface area contributed by atoms with E-state index in [2.05, 4.69) is 46.0 Å². The van der Waals surface area contributed by atoms with Crippen LogP contribution in [0.15, 0.2) is 52.6 Å². The van der Waals surface area contributed by atoms with Gasteiger partial charge in [0.1, 0.15) is 16.3 Å². The van der Waals surface area contributed by atoms with E-state index in [1.54, 1.807) is 12.1 Å². The number of halogens is 3. The Hall–Kier alpha value is -3.47. The third-order valence-electron chi connectivity index (χ3n) is 4.42. The maximum absolute atomic E-state index is 13.6. The monoisotopic (exact) mass is 476 g/mol. The fourth-order valence-corrected chi connectivity index (χ4v) is 3.95. The molecule has 11 heteroatoms. The summed E-state index contributed by atoms with van der Waals surface area (Å²) in [5.74, 6) is 0.626. The van der Waals surface area contributed by atoms with Gasteiger partial charge in [0.25, 0.3) is 0 Å². The van der Waals surface area contributed by atoms with Crippen LogP contribution in [0.5, 0.6) is 11.6 Å². The van der Waals surface area contributed by atoms with Crippen LogP contribution >= 0.6 is 11.3 Å². The van der Waals surface area contributed by atoms with Gasteiger partial charge >= 0.3 is 6.18 Å². The summed E-state index contributed by atoms with van der Waals surface area (Å²) in [6.07, 6.45) is -2.28. The van der Waals surface area contributed by atoms with Crippen molar-refractivity contribution in [2.75, 3.05) is 12.4 Å². The number of ether oxygens (including phenoxy) is 1. The summed E-state index contributed by atoms with van der Waals surface area (Å²) < 4.78 is 46.9. The molecule has 1 aromatic carbocycles. The molecule has 0 spiro atoms. The molecule has 0 aliphatic carbocycles. The SMILES string of the molecule is CN=C(N=CN)c1sc(Nc2cccnc2Oc2ccccc2C(C)(C)C)nc1C(F)(F)F. The molecular formula is C22H23F3N6OS. The first-order chi connectivity index (χ1) is 15.5. The number of anilines is 2. The van der Waals surface area contributed by atoms with Crippen LogP contribution in [0.2, 0.25) is 0 Å². The van der Waals surface area contributed by atoms with Gasteiger partial charge in [-0.25, -0.2) is 15.0 Å². The van der Waals surface area contributed by atoms with Gasteiger partial charge in [-0.05, 0) is 23.6 Å². The summed E-state index contributed by atoms with van der Waals surface area (Å²) in [6, 6.07) is 10.8. The largest absolute Gasteiger partial charge is 0.437 e. The Balaban J connectivity index is 2.00. The van der Waals surface area contributed by atoms with Crippen molar-refractivity contribution in [3.05, 3.63) is 58.7 Å². The molecule has 0 amide bonds. The van der Waals surface area contributed by atoms with Gasteiger partial charge in [0.05, 0.1) is 6.34 Å². The molecule has 0 radical (unpaired) electrons. The molecule has 3 rings (SSSR count). The number of pyridine rings is 1. The molecule has 3 aromatic rings. The Kier molecular flexibility index (Phi) is 7.01. The molecule has 0 aliphatic heterocycles. The number of thiazole rings is 1. The lowest BCUT2D eigenvalue weighted by Crippen LogP contribution is -2.12. The number of hydrogen-bond donors (Lipinski definition) is 2. The average molecular weight is 477 g/mol. The van der Waals surface area contributed by atoms with Crippen molar-refractivity contribution in [1.29, 1.82) is 0 Å². The number of hydrogen-bond acceptors (Lipinski definition) is 6. The molecule has 0 atom stereocenters. The van der Waals surface area contributed by atoms with Crippen molar-refractivity contribution >= 4 is 34.3 Å². The van der Waals surface area contributed by atoms with Crippen LogP contribution in [0.25, 0.3) is 0 Å². The zero-order chi connectivity index (χ0) is 24.2. The van der Waals surface area contributed by atoms with E-state index in [4.69, 9.17) is 10.5 Å². The molecule has 2 aromatic heterocycles. The highest BCUT2D eigenvalue weighted by Crippen LogP contribution is 2.40. The van der Waals surface area contributed by atoms with E-state index in [9.17, 15) is 13.2 Å². The minimum atomic E-state index is -4.70. The fourth-order valence-electron chi connectivity index (χ4n) is 2.97. The highest BCUT2D eigenvalue weighted by molar-refractivity contribution is 7.17. The molecule has 7 nitrogen and oxygen atoms in total. The lowest BCUT2D eigenvalue weighted by atomic mass is 9.86. The number of alkyl halides is 3. The van der Waals surface area contributed by atoms with Gasteiger partial charge < -0.3 is 15.8 Å². The number of para-hydroxylation sites is 1. The van der Waals surface area contributed by atoms with Crippen LogP contribution in [0.3, 0.4) is 0 Å². The average Bonchev–Trinajstić information content (AvgIpc) is 3.17. The van der Waals surface area contributed by atoms with Crippen LogP contribution in [-0.2, 0) is 11.6 Å². The molecule has 3 N–H and O–H groups in total. The van der Waals surface area contributed by atoms with Crippen LogP contribution in [0.4, 0.5) is 24.0 Å². The van der Waals surface area contributed by atoms with Crippen molar-refractivity contribution in [3.63, 3.8) is 0 Å². The Labute approximate surface area is 193 Å². The van der Waals surface area contributed by atoms with E-state index >= 15 is 0 Å². The Bertz CT molecular complexity index is 1180. The molecule has 0 fully saturated rings. The minimum absolute atomic E-state index is 0.0207. The Morgan fingerprint density at radius 1 is 1.15 bits per heavy atom. The van der Waals surface area contributed by atoms with Gasteiger partial charge in [-0.2, -0.15) is 13.2 Å². The predicted octanol–water partition coefficient (Wildman–Crippen LogP) is 5.75. The van der Waals surface area contributed by atoms with Gasteiger partial charge in [0.15, 0.2) is 16.7 Å². The molecular weight excluding hydrogens is 453 g/mol. The summed E-state index contributed by atoms with van der Waals surface area (Å²) >= 11 is 0.751. The number of nitrogens with one attached hydrogen (secondary N) is 1. The number of nitrogens with two attached hydrogens (primary N) is 1. The molecule has 2 heterocycles. The van der Waals surface area contributed by atoms with Gasteiger partial charge in [-0.1, -0.05) is 50.3 Å². The summed E-state index contributed by atoms with van der Waals surface area (Å²) in [7, 11) is 1.33. The number of nitrogens with zero attached hydrogens (tertiary/aromatic N) is 4. The van der Waals surface area contributed by atoms with E-state index in [0.29, 0.717) is 11.4 Å². The quantitative estimate of drug-likeness (QED) is 0.361. The molecule has 0 saturated carbocycles. The fraction of sp³-hybridized carbons (Fsp3) is 0.273. The minimum Gasteiger partial charge on any atom is -0.437 e. The summed E-state index contributed by atoms with van der Waals surface area (Å²) in [5, 5.41) is 2.87. The first kappa shape index (κ1) is 24.2. The molecule has 0 unspecified atom stereocenters. The van der Waals surface area contributed by atoms with Crippen LogP contribution < -0.4 is 15.8 Å². The van der Waals surface area contributed by atoms with Gasteiger partial charge in [0, 0.05) is 18.8 Å². The maximum atomic E-state index is 13.6. The van der Waals surface area contributed by atoms with E-state index in [1.807, 2.05) is 24.3 Å². The summed E-state index contributed by atoms with van der Waals surface area (Å²) in [5.41, 5.74) is 5.27. The van der Waals surface area contributed by atoms with Crippen molar-refractivity contribution in [2.24, 2.45) is 15.7 Å². The number of benzene rings is 1. The molecule has 0 aliphatic rings. The first-order valence-corrected chi connectivity index (χ1v) is 10.6. The number of aliphatic imine (C=N–C) groups is 2. The standard InChI is InChI=1S/C22H23F3N6OS/c1-21(2,3)13-8-5-6-10-15(13)32-19-14(9-7-11-28-19)30-20-31-17(22(23,24)25)16(33-20)18(27-4)29-12-26/h5-12H,1-4H3,(H,30,31)(H2,26,27,29). The second-order valence-electron chi connectivity index (χ2n) is 7.85. The van der Waals surface area contributed by atoms with Crippen LogP contribution in [0, 0.1) is 0 Å². The third-order valence-corrected chi connectivity index (χ3v) is 5.39. The molecule has 0 bridgehead atoms. The van der Waals surface area contributed by atoms with E-state index in [-0.39, 0.29) is 27.1 Å². The first-order valence-electron chi connectivity index (χ1n) is 9.83. The van der Waals surface area contributed by atoms with Crippen molar-refractivity contribution < 1.29 is 17.9 Å². The highest BCUT2D eigenvalue weighted by Gasteiger charge is 2.39. The molecule has 33 heavy (non-hydrogen) atoms. The van der Waals surface area contributed by atoms with Crippen molar-refractivity contribution in [1.82, 2.24) is 9.97 Å². The molecule has 174 valence electrons. The number of rotatable bonds is 5. The summed E-state index contributed by atoms with van der Waals surface area (Å²) in [6.45, 7) is 6.16. The zero-order valence-corrected chi connectivity index (χ0v) is 19.3. The van der Waals surface area contributed by atoms with E-state index in [1.165, 1.54) is 13.2 Å². The van der Waals surface area contributed by atoms with Crippen molar-refractivity contribution in [3.8, 4) is 11.6 Å². The van der Waals surface area contributed by atoms with Crippen LogP contribution in [-0.4, -0.2) is 29.2 Å². The topological polar surface area (TPSA) is 97.8 Å². The van der Waals surface area contributed by atoms with E-state index in [0.717, 1.165) is 23.2 Å². The highest BCUT2D eigenvalue weighted by atomic mass is 32.1. The third kappa shape index (κ3) is 5.67. The normalized spacial score (nSPS) is 12.9. The number of aromatic nitrogens is 2. The summed E-state index contributed by atoms with van der Waals surface area (Å²) in [4.78, 5) is 15.3. The van der Waals surface area contributed by atoms with Crippen LogP contribution in [0.1, 0.15) is 36.9 Å². The zero-order valence-electron chi connectivity index (χ0n) is 18.4. The molecule has 0 saturated heterocycles. The van der Waals surface area contributed by atoms with Gasteiger partial charge in [-0.15, -0.1) is 0 Å². The Morgan fingerprint density at radius 2 is 1.88 bits per heavy atom. The van der Waals surface area contributed by atoms with Gasteiger partial charge in [0.2, 0.25) is 5.88 Å². The Morgan fingerprint density at radius 3 is 2.52 bits per heavy atom. The second-order valence-corrected chi connectivity index (χ2v) is 8.85. The van der Waals surface area contributed by atoms with E-state index < -0.39 is 11.9 Å². The lowest BCUT2D eigenvalue weighted by molar-refractivity contribution is -0.140. The lowest BCUT2D eigenvalue weighted by Gasteiger charge is -2.22. The number of amidine groups is 1. The van der Waals surface area contributed by atoms with Gasteiger partial charge in [-0.3, -0.25) is 4.99 Å². The van der Waals surface area contributed by atoms with Crippen molar-refractivity contribution in [2.45, 2.75) is 32.4 Å². The maximum Gasteiger partial charge on any atom is 0.435 e. The smallest absolute Gasteiger partial charge is 0.435 e. The second kappa shape index (κ2) is 9.57. The predicted molar refractivity (Wildman–Crippen MR) is 125 cm³/mol.